The summed E-state index contributed by atoms with van der Waals surface area (Å²) in [5.74, 6) is 0.372. The Balaban J connectivity index is 2.13. The van der Waals surface area contributed by atoms with E-state index in [9.17, 15) is 9.59 Å². The van der Waals surface area contributed by atoms with Crippen molar-refractivity contribution in [2.75, 3.05) is 20.3 Å². The predicted molar refractivity (Wildman–Crippen MR) is 92.2 cm³/mol. The number of nitrogens with zero attached hydrogens (tertiary/aromatic N) is 1. The van der Waals surface area contributed by atoms with E-state index in [0.29, 0.717) is 24.5 Å². The fraction of sp³-hybridized carbons (Fsp3) is 0.579. The molecule has 5 heteroatoms. The molecule has 0 spiro atoms. The van der Waals surface area contributed by atoms with Gasteiger partial charge < -0.3 is 14.4 Å². The molecule has 0 aliphatic heterocycles. The average molecular weight is 333 g/mol. The van der Waals surface area contributed by atoms with Gasteiger partial charge in [-0.3, -0.25) is 9.59 Å². The van der Waals surface area contributed by atoms with E-state index in [2.05, 4.69) is 0 Å². The second-order valence-corrected chi connectivity index (χ2v) is 6.08. The first kappa shape index (κ1) is 18.3. The molecule has 24 heavy (non-hydrogen) atoms. The molecule has 0 atom stereocenters. The molecule has 0 aromatic heterocycles. The summed E-state index contributed by atoms with van der Waals surface area (Å²) in [6.45, 7) is 2.56. The molecule has 1 amide bonds. The molecule has 1 fully saturated rings. The number of carbonyl (C=O) groups excluding carboxylic acids is 2. The first-order chi connectivity index (χ1) is 11.7. The van der Waals surface area contributed by atoms with Crippen LogP contribution in [0.25, 0.3) is 0 Å². The van der Waals surface area contributed by atoms with Gasteiger partial charge in [-0.2, -0.15) is 0 Å². The van der Waals surface area contributed by atoms with E-state index < -0.39 is 0 Å². The summed E-state index contributed by atoms with van der Waals surface area (Å²) in [6, 6.07) is 7.39. The normalized spacial score (nSPS) is 14.9. The van der Waals surface area contributed by atoms with Crippen molar-refractivity contribution in [1.29, 1.82) is 0 Å². The van der Waals surface area contributed by atoms with Crippen molar-refractivity contribution in [2.45, 2.75) is 51.5 Å². The van der Waals surface area contributed by atoms with Crippen LogP contribution in [0.5, 0.6) is 5.75 Å². The molecule has 0 radical (unpaired) electrons. The Bertz CT molecular complexity index is 552. The van der Waals surface area contributed by atoms with Crippen molar-refractivity contribution in [3.8, 4) is 5.75 Å². The zero-order valence-corrected chi connectivity index (χ0v) is 14.6. The number of esters is 1. The minimum absolute atomic E-state index is 0.0369. The minimum atomic E-state index is -0.253. The van der Waals surface area contributed by atoms with E-state index in [0.717, 1.165) is 25.7 Å². The van der Waals surface area contributed by atoms with Gasteiger partial charge in [-0.05, 0) is 38.0 Å². The van der Waals surface area contributed by atoms with Gasteiger partial charge in [-0.15, -0.1) is 0 Å². The lowest BCUT2D eigenvalue weighted by atomic mass is 9.93. The quantitative estimate of drug-likeness (QED) is 0.718. The highest BCUT2D eigenvalue weighted by Gasteiger charge is 2.27. The zero-order valence-electron chi connectivity index (χ0n) is 14.6. The molecule has 1 aromatic carbocycles. The van der Waals surface area contributed by atoms with Crippen molar-refractivity contribution in [2.24, 2.45) is 0 Å². The van der Waals surface area contributed by atoms with Crippen LogP contribution in [-0.2, 0) is 9.53 Å². The molecule has 0 saturated heterocycles. The SMILES string of the molecule is CCOC(=O)CCN(C(=O)c1cccc(OC)c1)C1CCCCC1. The number of carbonyl (C=O) groups is 2. The highest BCUT2D eigenvalue weighted by atomic mass is 16.5. The van der Waals surface area contributed by atoms with Gasteiger partial charge >= 0.3 is 5.97 Å². The maximum Gasteiger partial charge on any atom is 0.307 e. The molecular formula is C19H27NO4. The van der Waals surface area contributed by atoms with E-state index in [4.69, 9.17) is 9.47 Å². The van der Waals surface area contributed by atoms with Gasteiger partial charge in [0.15, 0.2) is 0 Å². The van der Waals surface area contributed by atoms with Crippen LogP contribution in [-0.4, -0.2) is 43.1 Å². The first-order valence-corrected chi connectivity index (χ1v) is 8.76. The fourth-order valence-corrected chi connectivity index (χ4v) is 3.21. The highest BCUT2D eigenvalue weighted by Crippen LogP contribution is 2.25. The summed E-state index contributed by atoms with van der Waals surface area (Å²) in [7, 11) is 1.59. The molecule has 1 aliphatic carbocycles. The van der Waals surface area contributed by atoms with Gasteiger partial charge in [0.25, 0.3) is 5.91 Å². The maximum absolute atomic E-state index is 13.0. The van der Waals surface area contributed by atoms with Crippen molar-refractivity contribution in [3.63, 3.8) is 0 Å². The maximum atomic E-state index is 13.0. The molecule has 5 nitrogen and oxygen atoms in total. The predicted octanol–water partition coefficient (Wildman–Crippen LogP) is 3.42. The Morgan fingerprint density at radius 1 is 1.21 bits per heavy atom. The number of ether oxygens (including phenoxy) is 2. The lowest BCUT2D eigenvalue weighted by Gasteiger charge is -2.34. The van der Waals surface area contributed by atoms with E-state index >= 15 is 0 Å². The summed E-state index contributed by atoms with van der Waals surface area (Å²) < 4.78 is 10.2. The van der Waals surface area contributed by atoms with Gasteiger partial charge in [-0.1, -0.05) is 25.3 Å². The van der Waals surface area contributed by atoms with E-state index in [1.807, 2.05) is 17.0 Å². The first-order valence-electron chi connectivity index (χ1n) is 8.76. The Hall–Kier alpha value is -2.04. The van der Waals surface area contributed by atoms with Crippen LogP contribution in [0.4, 0.5) is 0 Å². The van der Waals surface area contributed by atoms with Gasteiger partial charge in [0.05, 0.1) is 20.1 Å². The van der Waals surface area contributed by atoms with Crippen molar-refractivity contribution in [1.82, 2.24) is 4.90 Å². The average Bonchev–Trinajstić information content (AvgIpc) is 2.63. The zero-order chi connectivity index (χ0) is 17.4. The van der Waals surface area contributed by atoms with Crippen LogP contribution in [0.15, 0.2) is 24.3 Å². The standard InChI is InChI=1S/C19H27NO4/c1-3-24-18(21)12-13-20(16-9-5-4-6-10-16)19(22)15-8-7-11-17(14-15)23-2/h7-8,11,14,16H,3-6,9-10,12-13H2,1-2H3. The second kappa shape index (κ2) is 9.30. The Morgan fingerprint density at radius 3 is 2.62 bits per heavy atom. The Labute approximate surface area is 143 Å². The number of benzene rings is 1. The fourth-order valence-electron chi connectivity index (χ4n) is 3.21. The van der Waals surface area contributed by atoms with Crippen LogP contribution in [0.3, 0.4) is 0 Å². The monoisotopic (exact) mass is 333 g/mol. The van der Waals surface area contributed by atoms with Crippen LogP contribution < -0.4 is 4.74 Å². The number of rotatable bonds is 7. The van der Waals surface area contributed by atoms with Crippen molar-refractivity contribution < 1.29 is 19.1 Å². The van der Waals surface area contributed by atoms with Crippen molar-refractivity contribution in [3.05, 3.63) is 29.8 Å². The highest BCUT2D eigenvalue weighted by molar-refractivity contribution is 5.95. The molecule has 1 aliphatic rings. The van der Waals surface area contributed by atoms with Gasteiger partial charge in [-0.25, -0.2) is 0 Å². The third kappa shape index (κ3) is 4.98. The third-order valence-corrected chi connectivity index (χ3v) is 4.46. The van der Waals surface area contributed by atoms with Crippen LogP contribution in [0.1, 0.15) is 55.8 Å². The van der Waals surface area contributed by atoms with Gasteiger partial charge in [0, 0.05) is 18.2 Å². The Morgan fingerprint density at radius 2 is 1.96 bits per heavy atom. The lowest BCUT2D eigenvalue weighted by molar-refractivity contribution is -0.143. The summed E-state index contributed by atoms with van der Waals surface area (Å²) in [6.07, 6.45) is 5.71. The molecular weight excluding hydrogens is 306 g/mol. The number of methoxy groups -OCH3 is 1. The van der Waals surface area contributed by atoms with Crippen molar-refractivity contribution >= 4 is 11.9 Å². The summed E-state index contributed by atoms with van der Waals surface area (Å²) >= 11 is 0. The molecule has 0 bridgehead atoms. The molecule has 0 heterocycles. The molecule has 132 valence electrons. The number of hydrogen-bond donors (Lipinski definition) is 0. The molecule has 2 rings (SSSR count). The van der Waals surface area contributed by atoms with E-state index in [-0.39, 0.29) is 24.3 Å². The van der Waals surface area contributed by atoms with Crippen LogP contribution in [0.2, 0.25) is 0 Å². The summed E-state index contributed by atoms with van der Waals surface area (Å²) in [4.78, 5) is 26.6. The molecule has 1 aromatic rings. The molecule has 0 unspecified atom stereocenters. The topological polar surface area (TPSA) is 55.8 Å². The van der Waals surface area contributed by atoms with E-state index in [1.165, 1.54) is 6.42 Å². The van der Waals surface area contributed by atoms with Gasteiger partial charge in [0.2, 0.25) is 0 Å². The number of amides is 1. The minimum Gasteiger partial charge on any atom is -0.497 e. The lowest BCUT2D eigenvalue weighted by Crippen LogP contribution is -2.42. The largest absolute Gasteiger partial charge is 0.497 e. The van der Waals surface area contributed by atoms with Gasteiger partial charge in [0.1, 0.15) is 5.75 Å². The number of hydrogen-bond acceptors (Lipinski definition) is 4. The molecule has 0 N–H and O–H groups in total. The van der Waals surface area contributed by atoms with Crippen LogP contribution >= 0.6 is 0 Å². The van der Waals surface area contributed by atoms with E-state index in [1.54, 1.807) is 26.2 Å². The molecule has 1 saturated carbocycles. The summed E-state index contributed by atoms with van der Waals surface area (Å²) in [5, 5.41) is 0. The van der Waals surface area contributed by atoms with Crippen LogP contribution in [0, 0.1) is 0 Å². The Kier molecular flexibility index (Phi) is 7.09. The smallest absolute Gasteiger partial charge is 0.307 e. The summed E-state index contributed by atoms with van der Waals surface area (Å²) in [5.41, 5.74) is 0.601. The third-order valence-electron chi connectivity index (χ3n) is 4.46. The second-order valence-electron chi connectivity index (χ2n) is 6.08.